The Labute approximate surface area is 201 Å². The Morgan fingerprint density at radius 3 is 2.66 bits per heavy atom. The first-order valence-electron chi connectivity index (χ1n) is 11.9. The van der Waals surface area contributed by atoms with E-state index in [0.29, 0.717) is 11.9 Å². The molecule has 0 aliphatic carbocycles. The highest BCUT2D eigenvalue weighted by atomic mass is 16.5. The number of aromatic nitrogens is 6. The first-order chi connectivity index (χ1) is 17.3. The van der Waals surface area contributed by atoms with Crippen LogP contribution in [0.5, 0.6) is 0 Å². The fraction of sp³-hybridized carbons (Fsp3) is 0.280. The lowest BCUT2D eigenvalue weighted by Crippen LogP contribution is -2.56. The monoisotopic (exact) mass is 467 g/mol. The highest BCUT2D eigenvalue weighted by molar-refractivity contribution is 5.80. The lowest BCUT2D eigenvalue weighted by atomic mass is 10.1. The predicted octanol–water partition coefficient (Wildman–Crippen LogP) is 2.93. The van der Waals surface area contributed by atoms with Crippen LogP contribution >= 0.6 is 0 Å². The van der Waals surface area contributed by atoms with Crippen LogP contribution in [0.15, 0.2) is 61.3 Å². The number of nitrogens with zero attached hydrogens (tertiary/aromatic N) is 7. The molecule has 35 heavy (non-hydrogen) atoms. The van der Waals surface area contributed by atoms with Crippen molar-refractivity contribution in [2.45, 2.75) is 6.04 Å². The fourth-order valence-corrected chi connectivity index (χ4v) is 4.80. The summed E-state index contributed by atoms with van der Waals surface area (Å²) in [7, 11) is 0. The van der Waals surface area contributed by atoms with Crippen molar-refractivity contribution in [3.63, 3.8) is 0 Å². The quantitative estimate of drug-likeness (QED) is 0.407. The van der Waals surface area contributed by atoms with Crippen LogP contribution in [-0.4, -0.2) is 79.9 Å². The summed E-state index contributed by atoms with van der Waals surface area (Å²) in [5.74, 6) is 0.696. The second kappa shape index (κ2) is 8.33. The average molecular weight is 468 g/mol. The molecule has 0 unspecified atom stereocenters. The molecule has 0 spiro atoms. The largest absolute Gasteiger partial charge is 0.378 e. The van der Waals surface area contributed by atoms with E-state index in [0.717, 1.165) is 73.0 Å². The molecule has 0 atom stereocenters. The number of hydrogen-bond donors (Lipinski definition) is 2. The van der Waals surface area contributed by atoms with Crippen molar-refractivity contribution in [3.8, 4) is 11.3 Å². The summed E-state index contributed by atoms with van der Waals surface area (Å²) in [5, 5.41) is 10.5. The summed E-state index contributed by atoms with van der Waals surface area (Å²) in [5.41, 5.74) is 6.39. The first kappa shape index (κ1) is 20.4. The van der Waals surface area contributed by atoms with Gasteiger partial charge in [0.05, 0.1) is 36.7 Å². The smallest absolute Gasteiger partial charge is 0.180 e. The third kappa shape index (κ3) is 3.76. The van der Waals surface area contributed by atoms with Crippen molar-refractivity contribution in [2.75, 3.05) is 49.6 Å². The van der Waals surface area contributed by atoms with Gasteiger partial charge in [-0.2, -0.15) is 5.10 Å². The number of aromatic amines is 1. The number of anilines is 3. The van der Waals surface area contributed by atoms with E-state index in [1.54, 1.807) is 12.4 Å². The molecule has 7 rings (SSSR count). The van der Waals surface area contributed by atoms with E-state index >= 15 is 0 Å². The van der Waals surface area contributed by atoms with Crippen molar-refractivity contribution in [1.29, 1.82) is 0 Å². The first-order valence-corrected chi connectivity index (χ1v) is 11.9. The molecule has 2 N–H and O–H groups in total. The van der Waals surface area contributed by atoms with Gasteiger partial charge in [0.1, 0.15) is 5.52 Å². The fourth-order valence-electron chi connectivity index (χ4n) is 4.80. The second-order valence-corrected chi connectivity index (χ2v) is 9.05. The molecule has 10 heteroatoms. The van der Waals surface area contributed by atoms with Gasteiger partial charge in [-0.1, -0.05) is 0 Å². The highest BCUT2D eigenvalue weighted by Gasteiger charge is 2.28. The maximum Gasteiger partial charge on any atom is 0.180 e. The van der Waals surface area contributed by atoms with Crippen LogP contribution in [0.3, 0.4) is 0 Å². The van der Waals surface area contributed by atoms with Gasteiger partial charge in [0.15, 0.2) is 11.5 Å². The van der Waals surface area contributed by atoms with Gasteiger partial charge in [-0.25, -0.2) is 9.97 Å². The third-order valence-corrected chi connectivity index (χ3v) is 6.91. The van der Waals surface area contributed by atoms with Crippen LogP contribution in [0.1, 0.15) is 0 Å². The normalized spacial score (nSPS) is 17.2. The Morgan fingerprint density at radius 2 is 1.86 bits per heavy atom. The number of H-pyrrole nitrogens is 1. The van der Waals surface area contributed by atoms with E-state index in [-0.39, 0.29) is 0 Å². The Morgan fingerprint density at radius 1 is 1.00 bits per heavy atom. The van der Waals surface area contributed by atoms with E-state index in [1.807, 2.05) is 29.1 Å². The van der Waals surface area contributed by atoms with Crippen LogP contribution in [0.25, 0.3) is 27.9 Å². The summed E-state index contributed by atoms with van der Waals surface area (Å²) >= 11 is 0. The predicted molar refractivity (Wildman–Crippen MR) is 134 cm³/mol. The van der Waals surface area contributed by atoms with E-state index in [1.165, 1.54) is 5.69 Å². The van der Waals surface area contributed by atoms with Crippen molar-refractivity contribution < 1.29 is 4.74 Å². The maximum absolute atomic E-state index is 5.35. The van der Waals surface area contributed by atoms with E-state index in [4.69, 9.17) is 9.72 Å². The zero-order valence-electron chi connectivity index (χ0n) is 19.1. The number of benzene rings is 1. The van der Waals surface area contributed by atoms with Crippen molar-refractivity contribution in [1.82, 2.24) is 34.4 Å². The van der Waals surface area contributed by atoms with E-state index in [2.05, 4.69) is 59.5 Å². The molecular formula is C25H25N9O. The Balaban J connectivity index is 1.12. The van der Waals surface area contributed by atoms with Crippen LogP contribution in [0.2, 0.25) is 0 Å². The average Bonchev–Trinajstić information content (AvgIpc) is 3.53. The van der Waals surface area contributed by atoms with Gasteiger partial charge >= 0.3 is 0 Å². The molecule has 2 saturated heterocycles. The molecule has 0 amide bonds. The van der Waals surface area contributed by atoms with Gasteiger partial charge < -0.3 is 19.4 Å². The molecule has 2 fully saturated rings. The number of nitrogens with one attached hydrogen (secondary N) is 2. The van der Waals surface area contributed by atoms with Gasteiger partial charge in [-0.15, -0.1) is 0 Å². The number of pyridine rings is 1. The van der Waals surface area contributed by atoms with Crippen molar-refractivity contribution in [2.24, 2.45) is 0 Å². The summed E-state index contributed by atoms with van der Waals surface area (Å²) in [6.07, 6.45) is 9.20. The zero-order chi connectivity index (χ0) is 23.2. The number of rotatable bonds is 5. The van der Waals surface area contributed by atoms with Crippen LogP contribution in [0, 0.1) is 0 Å². The summed E-state index contributed by atoms with van der Waals surface area (Å²) in [6, 6.07) is 11.2. The minimum atomic E-state index is 0.615. The molecule has 176 valence electrons. The lowest BCUT2D eigenvalue weighted by Gasteiger charge is -2.43. The number of imidazole rings is 1. The SMILES string of the molecule is c1cn2cc(-c3cnc4cn[nH]c4c3)nc(Nc3ccc(N4CCN(C5COC5)CC4)cc3)c2n1. The number of piperazine rings is 1. The topological polar surface area (TPSA) is 99.5 Å². The zero-order valence-corrected chi connectivity index (χ0v) is 19.1. The molecule has 0 saturated carbocycles. The van der Waals surface area contributed by atoms with Gasteiger partial charge in [-0.05, 0) is 30.3 Å². The van der Waals surface area contributed by atoms with Crippen molar-refractivity contribution in [3.05, 3.63) is 61.3 Å². The molecule has 0 bridgehead atoms. The second-order valence-electron chi connectivity index (χ2n) is 9.05. The van der Waals surface area contributed by atoms with E-state index in [9.17, 15) is 0 Å². The molecular weight excluding hydrogens is 442 g/mol. The van der Waals surface area contributed by atoms with Gasteiger partial charge in [0, 0.05) is 67.9 Å². The number of hydrogen-bond acceptors (Lipinski definition) is 8. The van der Waals surface area contributed by atoms with Gasteiger partial charge in [0.25, 0.3) is 0 Å². The molecule has 6 heterocycles. The molecule has 1 aromatic carbocycles. The Kier molecular flexibility index (Phi) is 4.85. The summed E-state index contributed by atoms with van der Waals surface area (Å²) in [6.45, 7) is 6.01. The van der Waals surface area contributed by atoms with Crippen LogP contribution in [-0.2, 0) is 4.74 Å². The minimum absolute atomic E-state index is 0.615. The van der Waals surface area contributed by atoms with Crippen molar-refractivity contribution >= 4 is 33.9 Å². The van der Waals surface area contributed by atoms with Crippen LogP contribution in [0.4, 0.5) is 17.2 Å². The van der Waals surface area contributed by atoms with Crippen LogP contribution < -0.4 is 10.2 Å². The third-order valence-electron chi connectivity index (χ3n) is 6.91. The van der Waals surface area contributed by atoms with Gasteiger partial charge in [0.2, 0.25) is 0 Å². The number of ether oxygens (including phenoxy) is 1. The molecule has 2 aliphatic rings. The maximum atomic E-state index is 5.35. The minimum Gasteiger partial charge on any atom is -0.378 e. The number of fused-ring (bicyclic) bond motifs is 2. The molecule has 0 radical (unpaired) electrons. The Bertz CT molecular complexity index is 1480. The lowest BCUT2D eigenvalue weighted by molar-refractivity contribution is -0.0660. The summed E-state index contributed by atoms with van der Waals surface area (Å²) < 4.78 is 7.32. The van der Waals surface area contributed by atoms with E-state index < -0.39 is 0 Å². The highest BCUT2D eigenvalue weighted by Crippen LogP contribution is 2.27. The standard InChI is InChI=1S/C25H25N9O/c1-3-19(32-7-9-33(10-8-32)20-15-35-16-20)4-2-18(1)29-24-25-26-5-6-34(25)14-23(30-24)17-11-21-22(27-12-17)13-28-31-21/h1-6,11-14,20H,7-10,15-16H2,(H,28,31)(H,29,30). The Hall–Kier alpha value is -4.02. The summed E-state index contributed by atoms with van der Waals surface area (Å²) in [4.78, 5) is 18.9. The van der Waals surface area contributed by atoms with Gasteiger partial charge in [-0.3, -0.25) is 15.0 Å². The molecule has 5 aromatic rings. The molecule has 2 aliphatic heterocycles. The molecule has 4 aromatic heterocycles. The molecule has 10 nitrogen and oxygen atoms in total.